The van der Waals surface area contributed by atoms with Crippen LogP contribution in [0.5, 0.6) is 0 Å². The molecule has 2 aromatic carbocycles. The summed E-state index contributed by atoms with van der Waals surface area (Å²) in [6.07, 6.45) is 3.38. The third kappa shape index (κ3) is 7.07. The summed E-state index contributed by atoms with van der Waals surface area (Å²) in [4.78, 5) is 36.0. The molecule has 1 aliphatic rings. The molecule has 2 unspecified atom stereocenters. The van der Waals surface area contributed by atoms with E-state index in [4.69, 9.17) is 9.84 Å². The maximum atomic E-state index is 12.8. The zero-order valence-corrected chi connectivity index (χ0v) is 20.6. The lowest BCUT2D eigenvalue weighted by molar-refractivity contribution is -0.137. The Morgan fingerprint density at radius 1 is 0.943 bits per heavy atom. The number of carboxylic acid groups (broad SMARTS) is 1. The van der Waals surface area contributed by atoms with Gasteiger partial charge >= 0.3 is 12.1 Å². The van der Waals surface area contributed by atoms with E-state index in [0.717, 1.165) is 47.9 Å². The molecule has 0 fully saturated rings. The average Bonchev–Trinajstić information content (AvgIpc) is 3.18. The predicted molar refractivity (Wildman–Crippen MR) is 135 cm³/mol. The van der Waals surface area contributed by atoms with E-state index < -0.39 is 18.1 Å². The maximum absolute atomic E-state index is 12.8. The number of amides is 2. The minimum atomic E-state index is -0.783. The molecule has 3 rings (SSSR count). The van der Waals surface area contributed by atoms with Crippen LogP contribution in [0.3, 0.4) is 0 Å². The second kappa shape index (κ2) is 12.9. The van der Waals surface area contributed by atoms with Crippen LogP contribution in [-0.4, -0.2) is 42.3 Å². The summed E-state index contributed by atoms with van der Waals surface area (Å²) in [5, 5.41) is 14.4. The molecular formula is C28H36N2O5. The van der Waals surface area contributed by atoms with Crippen molar-refractivity contribution in [2.75, 3.05) is 13.2 Å². The highest BCUT2D eigenvalue weighted by Gasteiger charge is 2.30. The van der Waals surface area contributed by atoms with Gasteiger partial charge in [-0.05, 0) is 41.0 Å². The number of ether oxygens (including phenoxy) is 1. The van der Waals surface area contributed by atoms with Crippen LogP contribution in [0, 0.1) is 5.92 Å². The summed E-state index contributed by atoms with van der Waals surface area (Å²) in [5.41, 5.74) is 4.61. The van der Waals surface area contributed by atoms with Crippen molar-refractivity contribution in [1.82, 2.24) is 10.6 Å². The van der Waals surface area contributed by atoms with Crippen LogP contribution < -0.4 is 10.6 Å². The van der Waals surface area contributed by atoms with E-state index in [-0.39, 0.29) is 30.8 Å². The van der Waals surface area contributed by atoms with E-state index >= 15 is 0 Å². The molecule has 188 valence electrons. The summed E-state index contributed by atoms with van der Waals surface area (Å²) in [7, 11) is 0. The van der Waals surface area contributed by atoms with Gasteiger partial charge in [-0.1, -0.05) is 81.6 Å². The Balaban J connectivity index is 1.51. The van der Waals surface area contributed by atoms with E-state index in [1.54, 1.807) is 0 Å². The van der Waals surface area contributed by atoms with Gasteiger partial charge in [0.25, 0.3) is 0 Å². The number of carbonyl (C=O) groups is 3. The van der Waals surface area contributed by atoms with Gasteiger partial charge in [0.05, 0.1) is 0 Å². The van der Waals surface area contributed by atoms with Gasteiger partial charge in [-0.2, -0.15) is 0 Å². The second-order valence-corrected chi connectivity index (χ2v) is 9.18. The Morgan fingerprint density at radius 2 is 1.54 bits per heavy atom. The predicted octanol–water partition coefficient (Wildman–Crippen LogP) is 5.09. The number of alkyl carbamates (subject to hydrolysis) is 1. The zero-order valence-electron chi connectivity index (χ0n) is 20.6. The number of carboxylic acids is 1. The normalized spacial score (nSPS) is 13.9. The Hall–Kier alpha value is -3.35. The van der Waals surface area contributed by atoms with Crippen molar-refractivity contribution in [3.8, 4) is 11.1 Å². The molecule has 0 heterocycles. The molecule has 0 spiro atoms. The lowest BCUT2D eigenvalue weighted by Crippen LogP contribution is -2.50. The van der Waals surface area contributed by atoms with Crippen molar-refractivity contribution in [2.24, 2.45) is 5.92 Å². The molecule has 0 saturated heterocycles. The smallest absolute Gasteiger partial charge is 0.407 e. The van der Waals surface area contributed by atoms with Crippen LogP contribution in [0.4, 0.5) is 4.79 Å². The third-order valence-corrected chi connectivity index (χ3v) is 6.73. The van der Waals surface area contributed by atoms with Gasteiger partial charge in [0.2, 0.25) is 5.91 Å². The van der Waals surface area contributed by atoms with Crippen molar-refractivity contribution in [1.29, 1.82) is 0 Å². The second-order valence-electron chi connectivity index (χ2n) is 9.18. The van der Waals surface area contributed by atoms with Crippen molar-refractivity contribution in [3.63, 3.8) is 0 Å². The summed E-state index contributed by atoms with van der Waals surface area (Å²) in [6.45, 7) is 4.60. The van der Waals surface area contributed by atoms with Gasteiger partial charge in [0.1, 0.15) is 12.6 Å². The van der Waals surface area contributed by atoms with Gasteiger partial charge < -0.3 is 20.5 Å². The van der Waals surface area contributed by atoms with Crippen molar-refractivity contribution < 1.29 is 24.2 Å². The fraction of sp³-hybridized carbons (Fsp3) is 0.464. The first-order chi connectivity index (χ1) is 16.9. The molecule has 2 aromatic rings. The van der Waals surface area contributed by atoms with Gasteiger partial charge in [-0.15, -0.1) is 0 Å². The number of carbonyl (C=O) groups excluding carboxylic acids is 2. The molecule has 2 atom stereocenters. The Bertz CT molecular complexity index is 976. The molecular weight excluding hydrogens is 444 g/mol. The molecule has 0 bridgehead atoms. The molecule has 7 nitrogen and oxygen atoms in total. The first kappa shape index (κ1) is 26.3. The molecule has 3 N–H and O–H groups in total. The zero-order chi connectivity index (χ0) is 25.2. The van der Waals surface area contributed by atoms with Crippen LogP contribution in [0.25, 0.3) is 11.1 Å². The fourth-order valence-electron chi connectivity index (χ4n) is 4.55. The number of rotatable bonds is 13. The van der Waals surface area contributed by atoms with E-state index in [1.807, 2.05) is 38.1 Å². The lowest BCUT2D eigenvalue weighted by atomic mass is 9.98. The fourth-order valence-corrected chi connectivity index (χ4v) is 4.55. The highest BCUT2D eigenvalue weighted by Crippen LogP contribution is 2.44. The number of nitrogens with one attached hydrogen (secondary N) is 2. The van der Waals surface area contributed by atoms with Crippen LogP contribution in [-0.2, 0) is 14.3 Å². The van der Waals surface area contributed by atoms with Crippen LogP contribution in [0.15, 0.2) is 48.5 Å². The largest absolute Gasteiger partial charge is 0.481 e. The number of benzene rings is 2. The van der Waals surface area contributed by atoms with Crippen LogP contribution in [0.1, 0.15) is 69.4 Å². The van der Waals surface area contributed by atoms with Gasteiger partial charge in [-0.3, -0.25) is 9.59 Å². The van der Waals surface area contributed by atoms with Crippen molar-refractivity contribution >= 4 is 18.0 Å². The van der Waals surface area contributed by atoms with Crippen LogP contribution >= 0.6 is 0 Å². The number of fused-ring (bicyclic) bond motifs is 3. The van der Waals surface area contributed by atoms with E-state index in [0.29, 0.717) is 13.0 Å². The maximum Gasteiger partial charge on any atom is 0.407 e. The molecule has 1 aliphatic carbocycles. The number of hydrogen-bond donors (Lipinski definition) is 3. The first-order valence-corrected chi connectivity index (χ1v) is 12.5. The lowest BCUT2D eigenvalue weighted by Gasteiger charge is -2.24. The molecule has 0 radical (unpaired) electrons. The molecule has 2 amide bonds. The minimum absolute atomic E-state index is 0.0369. The SMILES string of the molecule is CCC(C)C(NC(=O)OCC1c2ccccc2-c2ccccc21)C(=O)NCCCCCCC(=O)O. The van der Waals surface area contributed by atoms with Gasteiger partial charge in [0.15, 0.2) is 0 Å². The Morgan fingerprint density at radius 3 is 2.14 bits per heavy atom. The van der Waals surface area contributed by atoms with Crippen molar-refractivity contribution in [3.05, 3.63) is 59.7 Å². The highest BCUT2D eigenvalue weighted by molar-refractivity contribution is 5.86. The summed E-state index contributed by atoms with van der Waals surface area (Å²) < 4.78 is 5.63. The van der Waals surface area contributed by atoms with E-state index in [9.17, 15) is 14.4 Å². The molecule has 7 heteroatoms. The first-order valence-electron chi connectivity index (χ1n) is 12.5. The van der Waals surface area contributed by atoms with Crippen LogP contribution in [0.2, 0.25) is 0 Å². The standard InChI is InChI=1S/C28H36N2O5/c1-3-19(2)26(27(33)29-17-11-5-4-6-16-25(31)32)30-28(34)35-18-24-22-14-9-7-12-20(22)21-13-8-10-15-23(21)24/h7-10,12-15,19,24,26H,3-6,11,16-18H2,1-2H3,(H,29,33)(H,30,34)(H,31,32). The van der Waals surface area contributed by atoms with Gasteiger partial charge in [-0.25, -0.2) is 4.79 Å². The Labute approximate surface area is 207 Å². The van der Waals surface area contributed by atoms with Gasteiger partial charge in [0, 0.05) is 18.9 Å². The quantitative estimate of drug-likeness (QED) is 0.346. The third-order valence-electron chi connectivity index (χ3n) is 6.73. The number of unbranched alkanes of at least 4 members (excludes halogenated alkanes) is 3. The summed E-state index contributed by atoms with van der Waals surface area (Å²) in [6, 6.07) is 15.6. The Kier molecular flexibility index (Phi) is 9.70. The highest BCUT2D eigenvalue weighted by atomic mass is 16.5. The molecule has 0 saturated carbocycles. The number of hydrogen-bond acceptors (Lipinski definition) is 4. The topological polar surface area (TPSA) is 105 Å². The monoisotopic (exact) mass is 480 g/mol. The molecule has 0 aromatic heterocycles. The van der Waals surface area contributed by atoms with E-state index in [1.165, 1.54) is 0 Å². The average molecular weight is 481 g/mol. The number of aliphatic carboxylic acids is 1. The van der Waals surface area contributed by atoms with Crippen molar-refractivity contribution in [2.45, 2.75) is 64.3 Å². The molecule has 0 aliphatic heterocycles. The van der Waals surface area contributed by atoms with E-state index in [2.05, 4.69) is 34.9 Å². The minimum Gasteiger partial charge on any atom is -0.481 e. The summed E-state index contributed by atoms with van der Waals surface area (Å²) in [5.74, 6) is -1.09. The molecule has 35 heavy (non-hydrogen) atoms. The summed E-state index contributed by atoms with van der Waals surface area (Å²) >= 11 is 0.